The summed E-state index contributed by atoms with van der Waals surface area (Å²) in [4.78, 5) is 25.8. The first-order chi connectivity index (χ1) is 14.7. The second-order valence-corrected chi connectivity index (χ2v) is 8.14. The number of benzene rings is 2. The molecule has 2 fully saturated rings. The summed E-state index contributed by atoms with van der Waals surface area (Å²) in [7, 11) is 0. The van der Waals surface area contributed by atoms with E-state index in [4.69, 9.17) is 0 Å². The Hall–Kier alpha value is -2.70. The van der Waals surface area contributed by atoms with Crippen molar-refractivity contribution in [2.75, 3.05) is 30.3 Å². The molecule has 2 unspecified atom stereocenters. The Morgan fingerprint density at radius 2 is 1.37 bits per heavy atom. The van der Waals surface area contributed by atoms with E-state index in [9.17, 15) is 9.59 Å². The van der Waals surface area contributed by atoms with E-state index < -0.39 is 0 Å². The van der Waals surface area contributed by atoms with E-state index in [0.717, 1.165) is 56.6 Å². The Kier molecular flexibility index (Phi) is 6.77. The van der Waals surface area contributed by atoms with E-state index in [0.29, 0.717) is 6.54 Å². The molecule has 0 radical (unpaired) electrons. The summed E-state index contributed by atoms with van der Waals surface area (Å²) in [5.41, 5.74) is 1.66. The van der Waals surface area contributed by atoms with Gasteiger partial charge < -0.3 is 10.6 Å². The number of piperidine rings is 2. The molecule has 0 aliphatic carbocycles. The number of carbonyl (C=O) groups is 2. The van der Waals surface area contributed by atoms with E-state index >= 15 is 0 Å². The molecule has 0 saturated carbocycles. The van der Waals surface area contributed by atoms with Gasteiger partial charge in [0.1, 0.15) is 6.04 Å². The highest BCUT2D eigenvalue weighted by Crippen LogP contribution is 2.26. The molecule has 30 heavy (non-hydrogen) atoms. The van der Waals surface area contributed by atoms with Crippen LogP contribution in [0, 0.1) is 5.92 Å². The summed E-state index contributed by atoms with van der Waals surface area (Å²) in [6.45, 7) is 2.41. The Morgan fingerprint density at radius 1 is 0.733 bits per heavy atom. The van der Waals surface area contributed by atoms with Crippen LogP contribution in [-0.4, -0.2) is 47.5 Å². The summed E-state index contributed by atoms with van der Waals surface area (Å²) in [6.07, 6.45) is 4.80. The van der Waals surface area contributed by atoms with Crippen molar-refractivity contribution in [1.82, 2.24) is 10.0 Å². The average Bonchev–Trinajstić information content (AvgIpc) is 2.80. The predicted molar refractivity (Wildman–Crippen MR) is 119 cm³/mol. The van der Waals surface area contributed by atoms with Crippen molar-refractivity contribution in [2.24, 2.45) is 5.92 Å². The number of rotatable bonds is 5. The lowest BCUT2D eigenvalue weighted by Gasteiger charge is -2.45. The summed E-state index contributed by atoms with van der Waals surface area (Å²) >= 11 is 0. The van der Waals surface area contributed by atoms with Gasteiger partial charge in [0, 0.05) is 31.0 Å². The first kappa shape index (κ1) is 20.6. The minimum Gasteiger partial charge on any atom is -0.326 e. The van der Waals surface area contributed by atoms with E-state index in [1.54, 1.807) is 0 Å². The Morgan fingerprint density at radius 3 is 2.03 bits per heavy atom. The fourth-order valence-corrected chi connectivity index (χ4v) is 4.44. The smallest absolute Gasteiger partial charge is 0.243 e. The fourth-order valence-electron chi connectivity index (χ4n) is 4.44. The van der Waals surface area contributed by atoms with Crippen LogP contribution >= 0.6 is 0 Å². The summed E-state index contributed by atoms with van der Waals surface area (Å²) in [5.74, 6) is 0.0312. The zero-order valence-corrected chi connectivity index (χ0v) is 17.3. The first-order valence-corrected chi connectivity index (χ1v) is 10.9. The van der Waals surface area contributed by atoms with Crippen LogP contribution in [0.3, 0.4) is 0 Å². The lowest BCUT2D eigenvalue weighted by atomic mass is 9.97. The van der Waals surface area contributed by atoms with Crippen molar-refractivity contribution < 1.29 is 9.59 Å². The molecular weight excluding hydrogens is 376 g/mol. The van der Waals surface area contributed by atoms with Crippen molar-refractivity contribution in [1.29, 1.82) is 0 Å². The van der Waals surface area contributed by atoms with E-state index in [-0.39, 0.29) is 23.8 Å². The standard InChI is InChI=1S/C24H30N4O2/c29-23(25-20-11-3-1-4-12-20)19-10-9-16-27(18-19)28-17-8-7-15-22(28)24(30)26-21-13-5-2-6-14-21/h1-6,11-14,19,22H,7-10,15-18H2,(H,25,29)(H,26,30). The molecule has 158 valence electrons. The molecule has 0 bridgehead atoms. The van der Waals surface area contributed by atoms with Gasteiger partial charge in [-0.2, -0.15) is 0 Å². The highest BCUT2D eigenvalue weighted by atomic mass is 16.2. The van der Waals surface area contributed by atoms with Crippen LogP contribution in [0.5, 0.6) is 0 Å². The normalized spacial score (nSPS) is 22.9. The van der Waals surface area contributed by atoms with Gasteiger partial charge in [-0.3, -0.25) is 9.59 Å². The first-order valence-electron chi connectivity index (χ1n) is 10.9. The minimum absolute atomic E-state index is 0.0387. The number of para-hydroxylation sites is 2. The second-order valence-electron chi connectivity index (χ2n) is 8.14. The number of anilines is 2. The number of hydrogen-bond acceptors (Lipinski definition) is 4. The van der Waals surface area contributed by atoms with Gasteiger partial charge >= 0.3 is 0 Å². The summed E-state index contributed by atoms with van der Waals surface area (Å²) in [5, 5.41) is 10.6. The zero-order valence-electron chi connectivity index (χ0n) is 17.3. The third-order valence-corrected chi connectivity index (χ3v) is 5.99. The van der Waals surface area contributed by atoms with Crippen molar-refractivity contribution in [3.05, 3.63) is 60.7 Å². The number of amides is 2. The number of hydrazine groups is 1. The van der Waals surface area contributed by atoms with Gasteiger partial charge in [-0.05, 0) is 56.4 Å². The van der Waals surface area contributed by atoms with Crippen molar-refractivity contribution in [3.8, 4) is 0 Å². The van der Waals surface area contributed by atoms with Crippen LogP contribution < -0.4 is 10.6 Å². The van der Waals surface area contributed by atoms with Gasteiger partial charge in [0.05, 0.1) is 5.92 Å². The summed E-state index contributed by atoms with van der Waals surface area (Å²) < 4.78 is 0. The fraction of sp³-hybridized carbons (Fsp3) is 0.417. The van der Waals surface area contributed by atoms with Gasteiger partial charge in [-0.1, -0.05) is 36.4 Å². The van der Waals surface area contributed by atoms with E-state index in [1.165, 1.54) is 0 Å². The van der Waals surface area contributed by atoms with E-state index in [2.05, 4.69) is 20.7 Å². The highest BCUT2D eigenvalue weighted by Gasteiger charge is 2.36. The molecule has 2 atom stereocenters. The van der Waals surface area contributed by atoms with Gasteiger partial charge in [0.2, 0.25) is 11.8 Å². The molecule has 2 aliphatic rings. The zero-order chi connectivity index (χ0) is 20.8. The molecule has 2 saturated heterocycles. The molecule has 0 aromatic heterocycles. The molecule has 2 aliphatic heterocycles. The van der Waals surface area contributed by atoms with Crippen LogP contribution in [0.2, 0.25) is 0 Å². The van der Waals surface area contributed by atoms with Crippen LogP contribution in [-0.2, 0) is 9.59 Å². The number of hydrogen-bond donors (Lipinski definition) is 2. The second kappa shape index (κ2) is 9.87. The third kappa shape index (κ3) is 5.07. The van der Waals surface area contributed by atoms with Gasteiger partial charge in [0.15, 0.2) is 0 Å². The van der Waals surface area contributed by atoms with E-state index in [1.807, 2.05) is 60.7 Å². The van der Waals surface area contributed by atoms with Crippen LogP contribution in [0.4, 0.5) is 11.4 Å². The molecule has 2 aromatic rings. The van der Waals surface area contributed by atoms with Crippen molar-refractivity contribution in [2.45, 2.75) is 38.1 Å². The molecule has 2 amide bonds. The quantitative estimate of drug-likeness (QED) is 0.794. The number of nitrogens with one attached hydrogen (secondary N) is 2. The molecule has 6 heteroatoms. The monoisotopic (exact) mass is 406 g/mol. The van der Waals surface area contributed by atoms with Crippen molar-refractivity contribution in [3.63, 3.8) is 0 Å². The topological polar surface area (TPSA) is 64.7 Å². The van der Waals surface area contributed by atoms with Gasteiger partial charge in [-0.15, -0.1) is 0 Å². The van der Waals surface area contributed by atoms with Gasteiger partial charge in [-0.25, -0.2) is 10.0 Å². The average molecular weight is 407 g/mol. The summed E-state index contributed by atoms with van der Waals surface area (Å²) in [6, 6.07) is 19.0. The minimum atomic E-state index is -0.185. The molecule has 2 N–H and O–H groups in total. The Bertz CT molecular complexity index is 843. The van der Waals surface area contributed by atoms with Crippen molar-refractivity contribution >= 4 is 23.2 Å². The molecule has 2 aromatic carbocycles. The SMILES string of the molecule is O=C(Nc1ccccc1)C1CCCN(N2CCCCC2C(=O)Nc2ccccc2)C1. The predicted octanol–water partition coefficient (Wildman–Crippen LogP) is 3.75. The Balaban J connectivity index is 1.40. The largest absolute Gasteiger partial charge is 0.326 e. The lowest BCUT2D eigenvalue weighted by molar-refractivity contribution is -0.143. The molecule has 0 spiro atoms. The highest BCUT2D eigenvalue weighted by molar-refractivity contribution is 5.95. The molecule has 4 rings (SSSR count). The number of carbonyl (C=O) groups excluding carboxylic acids is 2. The van der Waals surface area contributed by atoms with Crippen LogP contribution in [0.15, 0.2) is 60.7 Å². The number of nitrogens with zero attached hydrogens (tertiary/aromatic N) is 2. The maximum Gasteiger partial charge on any atom is 0.243 e. The molecule has 2 heterocycles. The third-order valence-electron chi connectivity index (χ3n) is 5.99. The molecular formula is C24H30N4O2. The maximum atomic E-state index is 13.0. The molecule has 6 nitrogen and oxygen atoms in total. The lowest BCUT2D eigenvalue weighted by Crippen LogP contribution is -2.58. The Labute approximate surface area is 178 Å². The van der Waals surface area contributed by atoms with Crippen LogP contribution in [0.25, 0.3) is 0 Å². The van der Waals surface area contributed by atoms with Crippen LogP contribution in [0.1, 0.15) is 32.1 Å². The van der Waals surface area contributed by atoms with Gasteiger partial charge in [0.25, 0.3) is 0 Å². The maximum absolute atomic E-state index is 13.0.